The second kappa shape index (κ2) is 13.6. The van der Waals surface area contributed by atoms with Gasteiger partial charge in [-0.3, -0.25) is 9.59 Å². The molecule has 3 fully saturated rings. The van der Waals surface area contributed by atoms with Crippen molar-refractivity contribution in [3.63, 3.8) is 0 Å². The van der Waals surface area contributed by atoms with E-state index in [2.05, 4.69) is 46.2 Å². The minimum Gasteiger partial charge on any atom is -0.342 e. The van der Waals surface area contributed by atoms with Gasteiger partial charge >= 0.3 is 0 Å². The number of carbonyl (C=O) groups excluding carboxylic acids is 2. The van der Waals surface area contributed by atoms with E-state index < -0.39 is 10.8 Å². The predicted octanol–water partition coefficient (Wildman–Crippen LogP) is 7.49. The maximum atomic E-state index is 14.4. The Morgan fingerprint density at radius 3 is 2.09 bits per heavy atom. The summed E-state index contributed by atoms with van der Waals surface area (Å²) in [6.45, 7) is 5.78. The van der Waals surface area contributed by atoms with Crippen LogP contribution >= 0.6 is 23.2 Å². The van der Waals surface area contributed by atoms with Gasteiger partial charge in [0.05, 0.1) is 20.9 Å². The summed E-state index contributed by atoms with van der Waals surface area (Å²) in [6.07, 6.45) is 7.25. The van der Waals surface area contributed by atoms with Crippen molar-refractivity contribution in [2.75, 3.05) is 39.3 Å². The topological polar surface area (TPSA) is 43.9 Å². The first-order chi connectivity index (χ1) is 21.4. The first kappa shape index (κ1) is 31.1. The predicted molar refractivity (Wildman–Crippen MR) is 178 cm³/mol. The van der Waals surface area contributed by atoms with E-state index in [1.807, 2.05) is 47.4 Å². The number of halogens is 2. The molecule has 1 atom stereocenters. The van der Waals surface area contributed by atoms with Gasteiger partial charge in [-0.15, -0.1) is 0 Å². The zero-order valence-electron chi connectivity index (χ0n) is 25.5. The van der Waals surface area contributed by atoms with Crippen LogP contribution in [-0.4, -0.2) is 65.8 Å². The summed E-state index contributed by atoms with van der Waals surface area (Å²) in [4.78, 5) is 34.9. The van der Waals surface area contributed by atoms with Crippen LogP contribution in [-0.2, 0) is 27.0 Å². The third-order valence-corrected chi connectivity index (χ3v) is 11.1. The number of hydrogen-bond donors (Lipinski definition) is 0. The molecule has 0 N–H and O–H groups in total. The number of amides is 2. The van der Waals surface area contributed by atoms with Gasteiger partial charge in [-0.1, -0.05) is 89.9 Å². The molecule has 232 valence electrons. The molecule has 0 radical (unpaired) electrons. The molecule has 3 aromatic carbocycles. The summed E-state index contributed by atoms with van der Waals surface area (Å²) in [5.41, 5.74) is 2.19. The Kier molecular flexibility index (Phi) is 9.65. The van der Waals surface area contributed by atoms with Crippen molar-refractivity contribution in [2.24, 2.45) is 0 Å². The van der Waals surface area contributed by atoms with Crippen molar-refractivity contribution < 1.29 is 9.59 Å². The third kappa shape index (κ3) is 6.29. The molecule has 0 saturated carbocycles. The zero-order chi connectivity index (χ0) is 30.6. The Labute approximate surface area is 272 Å². The maximum Gasteiger partial charge on any atom is 0.233 e. The number of hydrogen-bond acceptors (Lipinski definition) is 3. The lowest BCUT2D eigenvalue weighted by molar-refractivity contribution is -0.142. The lowest BCUT2D eigenvalue weighted by atomic mass is 9.69. The van der Waals surface area contributed by atoms with Crippen molar-refractivity contribution in [3.8, 4) is 0 Å². The van der Waals surface area contributed by atoms with E-state index in [-0.39, 0.29) is 5.91 Å². The number of benzene rings is 3. The first-order valence-electron chi connectivity index (χ1n) is 16.3. The van der Waals surface area contributed by atoms with Gasteiger partial charge < -0.3 is 14.7 Å². The third-order valence-electron chi connectivity index (χ3n) is 10.3. The molecule has 0 aromatic heterocycles. The Hall–Kier alpha value is -2.86. The van der Waals surface area contributed by atoms with Crippen LogP contribution in [0.2, 0.25) is 10.0 Å². The molecule has 3 aromatic rings. The Bertz CT molecular complexity index is 1440. The molecular weight excluding hydrogens is 589 g/mol. The van der Waals surface area contributed by atoms with E-state index in [4.69, 9.17) is 23.2 Å². The van der Waals surface area contributed by atoms with E-state index in [0.29, 0.717) is 22.5 Å². The van der Waals surface area contributed by atoms with E-state index in [9.17, 15) is 9.59 Å². The van der Waals surface area contributed by atoms with Gasteiger partial charge in [0.15, 0.2) is 0 Å². The molecule has 3 heterocycles. The molecule has 6 rings (SSSR count). The monoisotopic (exact) mass is 631 g/mol. The van der Waals surface area contributed by atoms with E-state index in [0.717, 1.165) is 107 Å². The standard InChI is InChI=1S/C37H43Cl2N3O2/c38-32-16-15-31(27-33(32)39)36(18-10-24-42(35(36)44)28-29-11-3-1-4-12-29)17-9-21-40-25-19-37(20-26-40,30-13-5-2-6-14-30)34(43)41-22-7-8-23-41/h1-6,11-16,27H,7-10,17-26,28H2. The van der Waals surface area contributed by atoms with Crippen molar-refractivity contribution >= 4 is 35.0 Å². The van der Waals surface area contributed by atoms with Gasteiger partial charge in [-0.25, -0.2) is 0 Å². The normalized spacial score (nSPS) is 22.4. The van der Waals surface area contributed by atoms with Gasteiger partial charge in [-0.2, -0.15) is 0 Å². The van der Waals surface area contributed by atoms with Gasteiger partial charge in [0.1, 0.15) is 0 Å². The van der Waals surface area contributed by atoms with E-state index in [1.165, 1.54) is 0 Å². The largest absolute Gasteiger partial charge is 0.342 e. The molecule has 7 heteroatoms. The van der Waals surface area contributed by atoms with E-state index >= 15 is 0 Å². The lowest BCUT2D eigenvalue weighted by Crippen LogP contribution is -2.53. The second-order valence-electron chi connectivity index (χ2n) is 12.9. The van der Waals surface area contributed by atoms with Gasteiger partial charge in [0.25, 0.3) is 0 Å². The number of likely N-dealkylation sites (tertiary alicyclic amines) is 3. The SMILES string of the molecule is O=C(N1CCCC1)C1(c2ccccc2)CCN(CCCC2(c3ccc(Cl)c(Cl)c3)CCCN(Cc3ccccc3)C2=O)CC1. The fourth-order valence-corrected chi connectivity index (χ4v) is 8.14. The number of nitrogens with zero attached hydrogens (tertiary/aromatic N) is 3. The van der Waals surface area contributed by atoms with Crippen molar-refractivity contribution in [3.05, 3.63) is 106 Å². The summed E-state index contributed by atoms with van der Waals surface area (Å²) < 4.78 is 0. The van der Waals surface area contributed by atoms with Gasteiger partial charge in [0, 0.05) is 26.2 Å². The molecule has 1 unspecified atom stereocenters. The fraction of sp³-hybridized carbons (Fsp3) is 0.459. The lowest BCUT2D eigenvalue weighted by Gasteiger charge is -2.44. The van der Waals surface area contributed by atoms with Crippen LogP contribution in [0.4, 0.5) is 0 Å². The van der Waals surface area contributed by atoms with Crippen LogP contribution in [0, 0.1) is 0 Å². The van der Waals surface area contributed by atoms with Crippen LogP contribution in [0.3, 0.4) is 0 Å². The van der Waals surface area contributed by atoms with Gasteiger partial charge in [0.2, 0.25) is 11.8 Å². The fourth-order valence-electron chi connectivity index (χ4n) is 7.84. The molecule has 3 saturated heterocycles. The highest BCUT2D eigenvalue weighted by atomic mass is 35.5. The van der Waals surface area contributed by atoms with Crippen LogP contribution in [0.15, 0.2) is 78.9 Å². The van der Waals surface area contributed by atoms with Crippen LogP contribution in [0.25, 0.3) is 0 Å². The number of piperidine rings is 2. The van der Waals surface area contributed by atoms with Crippen LogP contribution < -0.4 is 0 Å². The smallest absolute Gasteiger partial charge is 0.233 e. The Morgan fingerprint density at radius 2 is 1.41 bits per heavy atom. The molecule has 5 nitrogen and oxygen atoms in total. The van der Waals surface area contributed by atoms with Crippen molar-refractivity contribution in [1.29, 1.82) is 0 Å². The highest BCUT2D eigenvalue weighted by Crippen LogP contribution is 2.43. The molecule has 0 aliphatic carbocycles. The minimum absolute atomic E-state index is 0.184. The van der Waals surface area contributed by atoms with E-state index in [1.54, 1.807) is 0 Å². The Morgan fingerprint density at radius 1 is 0.727 bits per heavy atom. The molecular formula is C37H43Cl2N3O2. The maximum absolute atomic E-state index is 14.4. The summed E-state index contributed by atoms with van der Waals surface area (Å²) in [7, 11) is 0. The summed E-state index contributed by atoms with van der Waals surface area (Å²) in [5, 5.41) is 1.00. The zero-order valence-corrected chi connectivity index (χ0v) is 27.0. The minimum atomic E-state index is -0.628. The first-order valence-corrected chi connectivity index (χ1v) is 17.0. The summed E-state index contributed by atoms with van der Waals surface area (Å²) in [5.74, 6) is 0.495. The Balaban J connectivity index is 1.17. The molecule has 0 bridgehead atoms. The highest BCUT2D eigenvalue weighted by Gasteiger charge is 2.47. The molecule has 3 aliphatic heterocycles. The molecule has 2 amide bonds. The second-order valence-corrected chi connectivity index (χ2v) is 13.7. The molecule has 0 spiro atoms. The van der Waals surface area contributed by atoms with Crippen molar-refractivity contribution in [2.45, 2.75) is 68.7 Å². The average Bonchev–Trinajstić information content (AvgIpc) is 3.60. The summed E-state index contributed by atoms with van der Waals surface area (Å²) in [6, 6.07) is 26.4. The van der Waals surface area contributed by atoms with Gasteiger partial charge in [-0.05, 0) is 99.8 Å². The molecule has 44 heavy (non-hydrogen) atoms. The quantitative estimate of drug-likeness (QED) is 0.246. The summed E-state index contributed by atoms with van der Waals surface area (Å²) >= 11 is 12.8. The number of carbonyl (C=O) groups is 2. The van der Waals surface area contributed by atoms with Crippen LogP contribution in [0.1, 0.15) is 68.1 Å². The number of rotatable bonds is 9. The van der Waals surface area contributed by atoms with Crippen molar-refractivity contribution in [1.82, 2.24) is 14.7 Å². The van der Waals surface area contributed by atoms with Crippen LogP contribution in [0.5, 0.6) is 0 Å². The molecule has 3 aliphatic rings. The average molecular weight is 633 g/mol. The highest BCUT2D eigenvalue weighted by molar-refractivity contribution is 6.42.